The van der Waals surface area contributed by atoms with Crippen molar-refractivity contribution >= 4 is 35.0 Å². The molecule has 0 fully saturated rings. The summed E-state index contributed by atoms with van der Waals surface area (Å²) in [6.45, 7) is 1.41. The molecular weight excluding hydrogens is 482 g/mol. The molecule has 4 aromatic rings. The lowest BCUT2D eigenvalue weighted by Gasteiger charge is -2.09. The molecule has 0 aliphatic heterocycles. The fourth-order valence-corrected chi connectivity index (χ4v) is 3.50. The lowest BCUT2D eigenvalue weighted by molar-refractivity contribution is -0.385. The van der Waals surface area contributed by atoms with E-state index in [-0.39, 0.29) is 11.6 Å². The van der Waals surface area contributed by atoms with Gasteiger partial charge in [0.1, 0.15) is 12.0 Å². The molecule has 0 saturated heterocycles. The average molecular weight is 504 g/mol. The largest absolute Gasteiger partial charge is 0.368 e. The van der Waals surface area contributed by atoms with Crippen LogP contribution in [0.15, 0.2) is 79.1 Å². The maximum absolute atomic E-state index is 12.5. The highest BCUT2D eigenvalue weighted by Crippen LogP contribution is 2.19. The second-order valence-electron chi connectivity index (χ2n) is 7.67. The van der Waals surface area contributed by atoms with E-state index < -0.39 is 4.92 Å². The normalized spacial score (nSPS) is 10.5. The van der Waals surface area contributed by atoms with Crippen molar-refractivity contribution in [2.45, 2.75) is 6.54 Å². The fraction of sp³-hybridized carbons (Fsp3) is 0.120. The smallest absolute Gasteiger partial charge is 0.287 e. The van der Waals surface area contributed by atoms with E-state index in [0.717, 1.165) is 11.1 Å². The first-order valence-corrected chi connectivity index (χ1v) is 11.4. The van der Waals surface area contributed by atoms with E-state index in [1.54, 1.807) is 36.5 Å². The molecule has 2 heterocycles. The molecule has 0 radical (unpaired) electrons. The van der Waals surface area contributed by atoms with Gasteiger partial charge in [-0.1, -0.05) is 35.9 Å². The average Bonchev–Trinajstić information content (AvgIpc) is 2.90. The third kappa shape index (κ3) is 6.73. The van der Waals surface area contributed by atoms with Crippen LogP contribution in [0.2, 0.25) is 5.02 Å². The van der Waals surface area contributed by atoms with Crippen molar-refractivity contribution in [1.82, 2.24) is 20.3 Å². The molecule has 10 nitrogen and oxygen atoms in total. The number of rotatable bonds is 10. The Morgan fingerprint density at radius 2 is 1.78 bits per heavy atom. The van der Waals surface area contributed by atoms with E-state index >= 15 is 0 Å². The molecule has 0 saturated carbocycles. The van der Waals surface area contributed by atoms with Gasteiger partial charge < -0.3 is 16.0 Å². The minimum atomic E-state index is -0.492. The van der Waals surface area contributed by atoms with E-state index in [0.29, 0.717) is 47.7 Å². The second kappa shape index (κ2) is 11.7. The third-order valence-electron chi connectivity index (χ3n) is 5.11. The van der Waals surface area contributed by atoms with Gasteiger partial charge in [-0.3, -0.25) is 14.9 Å². The van der Waals surface area contributed by atoms with Gasteiger partial charge in [-0.25, -0.2) is 15.0 Å². The van der Waals surface area contributed by atoms with E-state index in [9.17, 15) is 14.9 Å². The molecule has 0 atom stereocenters. The standard InChI is InChI=1S/C25H22ClN7O3/c26-20-3-1-2-17(14-20)15-31-24(34)19-6-4-18(5-7-19)22-10-11-28-25(32-22)29-13-12-27-23-9-8-21(16-30-23)33(35)36/h1-11,14,16H,12-13,15H2,(H,27,30)(H,31,34)(H,28,29,32). The lowest BCUT2D eigenvalue weighted by atomic mass is 10.1. The summed E-state index contributed by atoms with van der Waals surface area (Å²) in [6, 6.07) is 19.2. The highest BCUT2D eigenvalue weighted by atomic mass is 35.5. The summed E-state index contributed by atoms with van der Waals surface area (Å²) in [4.78, 5) is 35.4. The van der Waals surface area contributed by atoms with Gasteiger partial charge in [0.2, 0.25) is 5.95 Å². The Labute approximate surface area is 211 Å². The summed E-state index contributed by atoms with van der Waals surface area (Å²) >= 11 is 5.99. The first-order chi connectivity index (χ1) is 17.5. The summed E-state index contributed by atoms with van der Waals surface area (Å²) in [6.07, 6.45) is 2.86. The molecule has 2 aromatic heterocycles. The number of anilines is 2. The van der Waals surface area contributed by atoms with Gasteiger partial charge in [-0.15, -0.1) is 0 Å². The molecule has 182 valence electrons. The predicted molar refractivity (Wildman–Crippen MR) is 138 cm³/mol. The molecule has 0 aliphatic rings. The van der Waals surface area contributed by atoms with Crippen LogP contribution in [0.4, 0.5) is 17.5 Å². The first kappa shape index (κ1) is 24.6. The van der Waals surface area contributed by atoms with Crippen molar-refractivity contribution in [3.8, 4) is 11.3 Å². The van der Waals surface area contributed by atoms with Crippen LogP contribution in [0.25, 0.3) is 11.3 Å². The van der Waals surface area contributed by atoms with Crippen molar-refractivity contribution in [2.24, 2.45) is 0 Å². The Balaban J connectivity index is 1.28. The number of carbonyl (C=O) groups excluding carboxylic acids is 1. The van der Waals surface area contributed by atoms with Crippen LogP contribution in [0.1, 0.15) is 15.9 Å². The summed E-state index contributed by atoms with van der Waals surface area (Å²) in [7, 11) is 0. The number of nitrogens with one attached hydrogen (secondary N) is 3. The molecule has 4 rings (SSSR count). The third-order valence-corrected chi connectivity index (χ3v) is 5.35. The molecular formula is C25H22ClN7O3. The zero-order valence-electron chi connectivity index (χ0n) is 19.0. The van der Waals surface area contributed by atoms with Gasteiger partial charge >= 0.3 is 0 Å². The van der Waals surface area contributed by atoms with Crippen molar-refractivity contribution < 1.29 is 9.72 Å². The SMILES string of the molecule is O=C(NCc1cccc(Cl)c1)c1ccc(-c2ccnc(NCCNc3ccc([N+](=O)[O-])cn3)n2)cc1. The molecule has 3 N–H and O–H groups in total. The van der Waals surface area contributed by atoms with E-state index in [1.165, 1.54) is 12.3 Å². The second-order valence-corrected chi connectivity index (χ2v) is 8.10. The number of hydrogen-bond donors (Lipinski definition) is 3. The van der Waals surface area contributed by atoms with Crippen LogP contribution in [-0.4, -0.2) is 38.9 Å². The molecule has 0 bridgehead atoms. The molecule has 11 heteroatoms. The fourth-order valence-electron chi connectivity index (χ4n) is 3.29. The summed E-state index contributed by atoms with van der Waals surface area (Å²) in [5, 5.41) is 20.4. The molecule has 2 aromatic carbocycles. The van der Waals surface area contributed by atoms with Crippen LogP contribution >= 0.6 is 11.6 Å². The molecule has 0 aliphatic carbocycles. The van der Waals surface area contributed by atoms with Crippen molar-refractivity contribution in [2.75, 3.05) is 23.7 Å². The van der Waals surface area contributed by atoms with Crippen molar-refractivity contribution in [3.05, 3.63) is 105 Å². The van der Waals surface area contributed by atoms with Crippen LogP contribution in [0.5, 0.6) is 0 Å². The quantitative estimate of drug-likeness (QED) is 0.163. The number of aromatic nitrogens is 3. The highest BCUT2D eigenvalue weighted by molar-refractivity contribution is 6.30. The summed E-state index contributed by atoms with van der Waals surface area (Å²) in [5.74, 6) is 0.810. The van der Waals surface area contributed by atoms with Gasteiger partial charge in [0, 0.05) is 48.0 Å². The number of amides is 1. The number of halogens is 1. The van der Waals surface area contributed by atoms with Gasteiger partial charge in [0.05, 0.1) is 10.6 Å². The van der Waals surface area contributed by atoms with Crippen LogP contribution in [0, 0.1) is 10.1 Å². The van der Waals surface area contributed by atoms with Crippen molar-refractivity contribution in [1.29, 1.82) is 0 Å². The van der Waals surface area contributed by atoms with E-state index in [2.05, 4.69) is 30.9 Å². The lowest BCUT2D eigenvalue weighted by Crippen LogP contribution is -2.22. The number of pyridine rings is 1. The zero-order valence-corrected chi connectivity index (χ0v) is 19.8. The van der Waals surface area contributed by atoms with Gasteiger partial charge in [-0.2, -0.15) is 0 Å². The maximum atomic E-state index is 12.5. The Morgan fingerprint density at radius 1 is 0.972 bits per heavy atom. The molecule has 36 heavy (non-hydrogen) atoms. The predicted octanol–water partition coefficient (Wildman–Crippen LogP) is 4.55. The number of hydrogen-bond acceptors (Lipinski definition) is 8. The van der Waals surface area contributed by atoms with E-state index in [1.807, 2.05) is 30.3 Å². The van der Waals surface area contributed by atoms with Crippen LogP contribution in [-0.2, 0) is 6.54 Å². The Kier molecular flexibility index (Phi) is 7.99. The Hall–Kier alpha value is -4.57. The maximum Gasteiger partial charge on any atom is 0.287 e. The monoisotopic (exact) mass is 503 g/mol. The Bertz CT molecular complexity index is 1350. The van der Waals surface area contributed by atoms with Gasteiger partial charge in [-0.05, 0) is 42.0 Å². The van der Waals surface area contributed by atoms with Crippen molar-refractivity contribution in [3.63, 3.8) is 0 Å². The molecule has 0 spiro atoms. The number of benzene rings is 2. The minimum Gasteiger partial charge on any atom is -0.368 e. The first-order valence-electron chi connectivity index (χ1n) is 11.0. The molecule has 1 amide bonds. The van der Waals surface area contributed by atoms with Gasteiger partial charge in [0.15, 0.2) is 0 Å². The minimum absolute atomic E-state index is 0.0601. The topological polar surface area (TPSA) is 135 Å². The summed E-state index contributed by atoms with van der Waals surface area (Å²) in [5.41, 5.74) is 2.96. The van der Waals surface area contributed by atoms with E-state index in [4.69, 9.17) is 11.6 Å². The number of nitrogens with zero attached hydrogens (tertiary/aromatic N) is 4. The van der Waals surface area contributed by atoms with Crippen LogP contribution in [0.3, 0.4) is 0 Å². The van der Waals surface area contributed by atoms with Crippen LogP contribution < -0.4 is 16.0 Å². The molecule has 0 unspecified atom stereocenters. The van der Waals surface area contributed by atoms with Gasteiger partial charge in [0.25, 0.3) is 11.6 Å². The summed E-state index contributed by atoms with van der Waals surface area (Å²) < 4.78 is 0. The highest BCUT2D eigenvalue weighted by Gasteiger charge is 2.08. The number of carbonyl (C=O) groups is 1. The zero-order chi connectivity index (χ0) is 25.3. The Morgan fingerprint density at radius 3 is 2.50 bits per heavy atom. The number of nitro groups is 1.